The maximum absolute atomic E-state index is 5.21. The molecule has 0 unspecified atom stereocenters. The molecule has 67 heavy (non-hydrogen) atoms. The van der Waals surface area contributed by atoms with Crippen molar-refractivity contribution in [2.75, 3.05) is 0 Å². The van der Waals surface area contributed by atoms with E-state index in [0.29, 0.717) is 0 Å². The van der Waals surface area contributed by atoms with Crippen molar-refractivity contribution in [3.8, 4) is 0 Å². The van der Waals surface area contributed by atoms with E-state index in [-0.39, 0.29) is 20.4 Å². The van der Waals surface area contributed by atoms with Crippen molar-refractivity contribution in [3.63, 3.8) is 0 Å². The quantitative estimate of drug-likeness (QED) is 0.0358. The molecular formula is C64H112N2Pd. The summed E-state index contributed by atoms with van der Waals surface area (Å²) in [4.78, 5) is 10.4. The smallest absolute Gasteiger partial charge is 0.0633 e. The zero-order chi connectivity index (χ0) is 47.1. The Morgan fingerprint density at radius 2 is 0.493 bits per heavy atom. The summed E-state index contributed by atoms with van der Waals surface area (Å²) < 4.78 is 0. The second-order valence-corrected chi connectivity index (χ2v) is 20.8. The molecule has 2 aromatic rings. The molecule has 388 valence electrons. The number of hydrogen-bond donors (Lipinski definition) is 0. The van der Waals surface area contributed by atoms with Crippen LogP contribution >= 0.6 is 0 Å². The minimum atomic E-state index is 0. The summed E-state index contributed by atoms with van der Waals surface area (Å²) in [5.74, 6) is 0. The van der Waals surface area contributed by atoms with Crippen LogP contribution in [0.25, 0.3) is 0 Å². The summed E-state index contributed by atoms with van der Waals surface area (Å²) in [6, 6.07) is 18.2. The SMILES string of the molecule is CCCCCCCCCCCCCCCCCCCCCCc1ccc(/N=C(CC)/C(CCCC)=N/c2ccc(CCCCCCCCCCCCCCCCCCCCCC)cc2)cc1.[Pd]. The summed E-state index contributed by atoms with van der Waals surface area (Å²) in [5, 5.41) is 0. The van der Waals surface area contributed by atoms with Crippen LogP contribution in [0, 0.1) is 0 Å². The first-order valence-corrected chi connectivity index (χ1v) is 30.0. The summed E-state index contributed by atoms with van der Waals surface area (Å²) in [7, 11) is 0. The molecule has 0 bridgehead atoms. The fraction of sp³-hybridized carbons (Fsp3) is 0.781. The molecule has 3 heteroatoms. The van der Waals surface area contributed by atoms with E-state index in [4.69, 9.17) is 9.98 Å². The van der Waals surface area contributed by atoms with Crippen LogP contribution in [0.5, 0.6) is 0 Å². The van der Waals surface area contributed by atoms with Gasteiger partial charge in [0.1, 0.15) is 0 Å². The van der Waals surface area contributed by atoms with E-state index in [0.717, 1.165) is 42.1 Å². The monoisotopic (exact) mass is 1010 g/mol. The molecule has 0 aliphatic carbocycles. The second-order valence-electron chi connectivity index (χ2n) is 20.8. The molecule has 2 aromatic carbocycles. The molecule has 0 aromatic heterocycles. The first-order valence-electron chi connectivity index (χ1n) is 30.0. The van der Waals surface area contributed by atoms with Crippen molar-refractivity contribution in [2.24, 2.45) is 9.98 Å². The van der Waals surface area contributed by atoms with Crippen LogP contribution in [0.1, 0.15) is 321 Å². The van der Waals surface area contributed by atoms with Gasteiger partial charge in [-0.25, -0.2) is 0 Å². The Kier molecular flexibility index (Phi) is 46.8. The average Bonchev–Trinajstić information content (AvgIpc) is 3.34. The van der Waals surface area contributed by atoms with Gasteiger partial charge in [0.2, 0.25) is 0 Å². The van der Waals surface area contributed by atoms with Gasteiger partial charge in [0, 0.05) is 20.4 Å². The molecule has 0 saturated heterocycles. The van der Waals surface area contributed by atoms with Crippen molar-refractivity contribution >= 4 is 22.8 Å². The fourth-order valence-electron chi connectivity index (χ4n) is 9.91. The van der Waals surface area contributed by atoms with E-state index in [1.165, 1.54) is 287 Å². The summed E-state index contributed by atoms with van der Waals surface area (Å²) in [6.07, 6.45) is 64.0. The molecule has 2 nitrogen and oxygen atoms in total. The largest absolute Gasteiger partial charge is 0.252 e. The zero-order valence-electron chi connectivity index (χ0n) is 45.4. The molecule has 0 amide bonds. The van der Waals surface area contributed by atoms with Crippen LogP contribution in [0.3, 0.4) is 0 Å². The van der Waals surface area contributed by atoms with Gasteiger partial charge >= 0.3 is 0 Å². The van der Waals surface area contributed by atoms with Crippen LogP contribution in [0.15, 0.2) is 58.5 Å². The second kappa shape index (κ2) is 49.4. The van der Waals surface area contributed by atoms with E-state index in [2.05, 4.69) is 76.2 Å². The molecule has 0 fully saturated rings. The Morgan fingerprint density at radius 1 is 0.269 bits per heavy atom. The van der Waals surface area contributed by atoms with Gasteiger partial charge in [0.15, 0.2) is 0 Å². The van der Waals surface area contributed by atoms with Crippen LogP contribution in [0.4, 0.5) is 11.4 Å². The number of hydrogen-bond acceptors (Lipinski definition) is 2. The molecule has 0 radical (unpaired) electrons. The van der Waals surface area contributed by atoms with Crippen LogP contribution in [-0.4, -0.2) is 11.4 Å². The van der Waals surface area contributed by atoms with E-state index >= 15 is 0 Å². The van der Waals surface area contributed by atoms with Gasteiger partial charge in [0.05, 0.1) is 22.8 Å². The Balaban J connectivity index is 0.0000224. The van der Waals surface area contributed by atoms with E-state index in [9.17, 15) is 0 Å². The van der Waals surface area contributed by atoms with Crippen LogP contribution in [-0.2, 0) is 33.3 Å². The summed E-state index contributed by atoms with van der Waals surface area (Å²) >= 11 is 0. The van der Waals surface area contributed by atoms with Gasteiger partial charge < -0.3 is 0 Å². The van der Waals surface area contributed by atoms with Crippen molar-refractivity contribution in [2.45, 2.75) is 323 Å². The van der Waals surface area contributed by atoms with Crippen LogP contribution in [0.2, 0.25) is 0 Å². The zero-order valence-corrected chi connectivity index (χ0v) is 46.9. The first-order chi connectivity index (χ1) is 32.7. The third-order valence-electron chi connectivity index (χ3n) is 14.5. The Hall–Kier alpha value is -1.56. The van der Waals surface area contributed by atoms with Gasteiger partial charge in [-0.1, -0.05) is 302 Å². The van der Waals surface area contributed by atoms with Gasteiger partial charge in [0.25, 0.3) is 0 Å². The fourth-order valence-corrected chi connectivity index (χ4v) is 9.91. The summed E-state index contributed by atoms with van der Waals surface area (Å²) in [6.45, 7) is 9.12. The Morgan fingerprint density at radius 3 is 0.731 bits per heavy atom. The third-order valence-corrected chi connectivity index (χ3v) is 14.5. The van der Waals surface area contributed by atoms with Crippen molar-refractivity contribution in [3.05, 3.63) is 59.7 Å². The Bertz CT molecular complexity index is 1360. The van der Waals surface area contributed by atoms with Crippen molar-refractivity contribution in [1.29, 1.82) is 0 Å². The normalized spacial score (nSPS) is 12.0. The molecule has 0 N–H and O–H groups in total. The molecular weight excluding hydrogens is 903 g/mol. The number of benzene rings is 2. The predicted molar refractivity (Wildman–Crippen MR) is 300 cm³/mol. The van der Waals surface area contributed by atoms with Gasteiger partial charge in [-0.05, 0) is 80.3 Å². The van der Waals surface area contributed by atoms with Gasteiger partial charge in [-0.3, -0.25) is 9.98 Å². The Labute approximate surface area is 433 Å². The first kappa shape index (κ1) is 63.5. The molecule has 0 spiro atoms. The predicted octanol–water partition coefficient (Wildman–Crippen LogP) is 22.9. The third kappa shape index (κ3) is 38.8. The minimum Gasteiger partial charge on any atom is -0.252 e. The standard InChI is InChI=1S/C64H112N2.Pd/c1-5-9-12-14-16-18-20-22-24-26-28-30-32-34-36-38-40-42-44-46-48-59-51-55-61(56-52-59)65-63(8-4)64(50-11-7-3)66-62-57-53-60(54-58-62)49-47-45-43-41-39-37-35-33-31-29-27-25-23-21-19-17-15-13-10-6-2;/h51-58H,5-50H2,1-4H3;/b65-63+,66-64+;. The number of nitrogens with zero attached hydrogens (tertiary/aromatic N) is 2. The molecule has 2 rings (SSSR count). The van der Waals surface area contributed by atoms with E-state index < -0.39 is 0 Å². The minimum absolute atomic E-state index is 0. The van der Waals surface area contributed by atoms with Crippen molar-refractivity contribution < 1.29 is 20.4 Å². The van der Waals surface area contributed by atoms with E-state index in [1.807, 2.05) is 0 Å². The molecule has 0 heterocycles. The molecule has 0 aliphatic heterocycles. The number of aliphatic imine (C=N–C) groups is 2. The molecule has 0 atom stereocenters. The average molecular weight is 1020 g/mol. The molecule has 0 aliphatic rings. The number of rotatable bonds is 49. The topological polar surface area (TPSA) is 24.7 Å². The number of aryl methyl sites for hydroxylation is 2. The van der Waals surface area contributed by atoms with Crippen molar-refractivity contribution in [1.82, 2.24) is 0 Å². The van der Waals surface area contributed by atoms with Gasteiger partial charge in [-0.2, -0.15) is 0 Å². The summed E-state index contributed by atoms with van der Waals surface area (Å²) in [5.41, 5.74) is 7.33. The van der Waals surface area contributed by atoms with Gasteiger partial charge in [-0.15, -0.1) is 0 Å². The van der Waals surface area contributed by atoms with Crippen LogP contribution < -0.4 is 0 Å². The number of unbranched alkanes of at least 4 members (excludes halogenated alkanes) is 39. The van der Waals surface area contributed by atoms with E-state index in [1.54, 1.807) is 0 Å². The maximum atomic E-state index is 5.21. The maximum Gasteiger partial charge on any atom is 0.0633 e. The molecule has 0 saturated carbocycles.